The third-order valence-corrected chi connectivity index (χ3v) is 6.26. The van der Waals surface area contributed by atoms with Crippen molar-refractivity contribution in [1.82, 2.24) is 4.31 Å². The zero-order chi connectivity index (χ0) is 22.9. The Morgan fingerprint density at radius 2 is 1.73 bits per heavy atom. The molecule has 1 N–H and O–H groups in total. The number of anilines is 2. The van der Waals surface area contributed by atoms with Crippen molar-refractivity contribution in [3.8, 4) is 0 Å². The molecule has 0 heterocycles. The fourth-order valence-corrected chi connectivity index (χ4v) is 3.95. The van der Waals surface area contributed by atoms with Gasteiger partial charge in [0, 0.05) is 19.1 Å². The molecule has 2 aromatic carbocycles. The Balaban J connectivity index is 2.43. The van der Waals surface area contributed by atoms with E-state index < -0.39 is 40.1 Å². The number of nitrogens with one attached hydrogen (secondary N) is 1. The van der Waals surface area contributed by atoms with Crippen molar-refractivity contribution in [2.24, 2.45) is 0 Å². The van der Waals surface area contributed by atoms with Gasteiger partial charge < -0.3 is 5.32 Å². The molecule has 30 heavy (non-hydrogen) atoms. The lowest BCUT2D eigenvalue weighted by molar-refractivity contribution is -0.137. The highest BCUT2D eigenvalue weighted by atomic mass is 35.5. The van der Waals surface area contributed by atoms with Crippen molar-refractivity contribution in [3.05, 3.63) is 58.1 Å². The van der Waals surface area contributed by atoms with Gasteiger partial charge in [0.1, 0.15) is 6.54 Å². The molecule has 0 bridgehead atoms. The van der Waals surface area contributed by atoms with Gasteiger partial charge in [-0.05, 0) is 49.2 Å². The van der Waals surface area contributed by atoms with Gasteiger partial charge in [-0.3, -0.25) is 4.79 Å². The van der Waals surface area contributed by atoms with Crippen LogP contribution < -0.4 is 9.62 Å². The van der Waals surface area contributed by atoms with Crippen molar-refractivity contribution in [2.75, 3.05) is 30.3 Å². The zero-order valence-corrected chi connectivity index (χ0v) is 18.3. The largest absolute Gasteiger partial charge is 0.418 e. The molecule has 0 aliphatic rings. The minimum absolute atomic E-state index is 0.146. The van der Waals surface area contributed by atoms with Crippen molar-refractivity contribution < 1.29 is 26.4 Å². The number of carbonyl (C=O) groups is 1. The van der Waals surface area contributed by atoms with E-state index in [4.69, 9.17) is 11.6 Å². The van der Waals surface area contributed by atoms with Crippen molar-refractivity contribution in [2.45, 2.75) is 20.0 Å². The molecule has 6 nitrogen and oxygen atoms in total. The first kappa shape index (κ1) is 24.0. The van der Waals surface area contributed by atoms with Crippen LogP contribution in [0.5, 0.6) is 0 Å². The Kier molecular flexibility index (Phi) is 7.05. The van der Waals surface area contributed by atoms with Crippen molar-refractivity contribution in [1.29, 1.82) is 0 Å². The van der Waals surface area contributed by atoms with Crippen LogP contribution in [-0.4, -0.2) is 39.3 Å². The Morgan fingerprint density at radius 3 is 2.30 bits per heavy atom. The van der Waals surface area contributed by atoms with Crippen LogP contribution in [0.2, 0.25) is 5.02 Å². The quantitative estimate of drug-likeness (QED) is 0.697. The van der Waals surface area contributed by atoms with Gasteiger partial charge in [0.15, 0.2) is 0 Å². The third kappa shape index (κ3) is 5.44. The first-order valence-electron chi connectivity index (χ1n) is 8.67. The minimum atomic E-state index is -4.75. The highest BCUT2D eigenvalue weighted by molar-refractivity contribution is 7.90. The normalized spacial score (nSPS) is 12.2. The van der Waals surface area contributed by atoms with Crippen LogP contribution in [0.1, 0.15) is 16.7 Å². The summed E-state index contributed by atoms with van der Waals surface area (Å²) >= 11 is 5.64. The first-order chi connectivity index (χ1) is 13.7. The van der Waals surface area contributed by atoms with Crippen LogP contribution in [0.25, 0.3) is 0 Å². The van der Waals surface area contributed by atoms with E-state index >= 15 is 0 Å². The molecule has 0 fully saturated rings. The summed E-state index contributed by atoms with van der Waals surface area (Å²) in [4.78, 5) is 12.6. The number of halogens is 4. The van der Waals surface area contributed by atoms with Gasteiger partial charge in [-0.2, -0.15) is 25.9 Å². The lowest BCUT2D eigenvalue weighted by Crippen LogP contribution is -2.44. The van der Waals surface area contributed by atoms with E-state index in [0.29, 0.717) is 11.6 Å². The molecule has 2 aromatic rings. The average molecular weight is 464 g/mol. The van der Waals surface area contributed by atoms with E-state index in [-0.39, 0.29) is 10.7 Å². The zero-order valence-electron chi connectivity index (χ0n) is 16.7. The average Bonchev–Trinajstić information content (AvgIpc) is 2.62. The molecular formula is C19H21ClF3N3O3S. The topological polar surface area (TPSA) is 69.7 Å². The smallest absolute Gasteiger partial charge is 0.324 e. The van der Waals surface area contributed by atoms with E-state index in [2.05, 4.69) is 5.32 Å². The number of hydrogen-bond donors (Lipinski definition) is 1. The highest BCUT2D eigenvalue weighted by Crippen LogP contribution is 2.36. The predicted molar refractivity (Wildman–Crippen MR) is 111 cm³/mol. The summed E-state index contributed by atoms with van der Waals surface area (Å²) in [7, 11) is -1.51. The van der Waals surface area contributed by atoms with E-state index in [1.807, 2.05) is 0 Å². The summed E-state index contributed by atoms with van der Waals surface area (Å²) < 4.78 is 67.3. The van der Waals surface area contributed by atoms with E-state index in [0.717, 1.165) is 20.2 Å². The van der Waals surface area contributed by atoms with Gasteiger partial charge >= 0.3 is 16.4 Å². The molecule has 0 aliphatic heterocycles. The fourth-order valence-electron chi connectivity index (χ4n) is 2.66. The molecule has 1 amide bonds. The molecule has 0 saturated carbocycles. The predicted octanol–water partition coefficient (Wildman–Crippen LogP) is 4.23. The van der Waals surface area contributed by atoms with Crippen molar-refractivity contribution in [3.63, 3.8) is 0 Å². The molecule has 0 saturated heterocycles. The Hall–Kier alpha value is -2.30. The second-order valence-corrected chi connectivity index (χ2v) is 9.33. The Labute approximate surface area is 178 Å². The molecule has 0 atom stereocenters. The Bertz CT molecular complexity index is 1060. The van der Waals surface area contributed by atoms with Crippen LogP contribution in [-0.2, 0) is 21.2 Å². The van der Waals surface area contributed by atoms with Gasteiger partial charge in [0.2, 0.25) is 5.91 Å². The molecule has 0 aliphatic carbocycles. The molecular weight excluding hydrogens is 443 g/mol. The second-order valence-electron chi connectivity index (χ2n) is 6.82. The van der Waals surface area contributed by atoms with E-state index in [9.17, 15) is 26.4 Å². The van der Waals surface area contributed by atoms with Crippen LogP contribution in [0.3, 0.4) is 0 Å². The minimum Gasteiger partial charge on any atom is -0.324 e. The Morgan fingerprint density at radius 1 is 1.10 bits per heavy atom. The maximum absolute atomic E-state index is 13.3. The number of nitrogens with zero attached hydrogens (tertiary/aromatic N) is 2. The summed E-state index contributed by atoms with van der Waals surface area (Å²) in [5, 5.41) is 2.00. The standard InChI is InChI=1S/C19H21ClF3N3O3S/c1-12-5-6-13(2)17(9-12)26(30(28,29)25(3)4)11-18(27)24-16-8-7-14(20)10-15(16)19(21,22)23/h5-10H,11H2,1-4H3,(H,24,27). The van der Waals surface area contributed by atoms with Gasteiger partial charge in [-0.1, -0.05) is 23.7 Å². The summed E-state index contributed by atoms with van der Waals surface area (Å²) in [6.45, 7) is 2.71. The van der Waals surface area contributed by atoms with Crippen LogP contribution in [0.15, 0.2) is 36.4 Å². The maximum atomic E-state index is 13.3. The SMILES string of the molecule is Cc1ccc(C)c(N(CC(=O)Nc2ccc(Cl)cc2C(F)(F)F)S(=O)(=O)N(C)C)c1. The third-order valence-electron chi connectivity index (χ3n) is 4.22. The molecule has 164 valence electrons. The van der Waals surface area contributed by atoms with E-state index in [1.54, 1.807) is 32.0 Å². The first-order valence-corrected chi connectivity index (χ1v) is 10.4. The molecule has 0 radical (unpaired) electrons. The van der Waals surface area contributed by atoms with Gasteiger partial charge in [-0.25, -0.2) is 4.31 Å². The number of carbonyl (C=O) groups excluding carboxylic acids is 1. The summed E-state index contributed by atoms with van der Waals surface area (Å²) in [5.41, 5.74) is -0.0449. The lowest BCUT2D eigenvalue weighted by atomic mass is 10.1. The number of hydrogen-bond acceptors (Lipinski definition) is 3. The monoisotopic (exact) mass is 463 g/mol. The summed E-state index contributed by atoms with van der Waals surface area (Å²) in [6.07, 6.45) is -4.75. The number of amides is 1. The number of alkyl halides is 3. The lowest BCUT2D eigenvalue weighted by Gasteiger charge is -2.28. The highest BCUT2D eigenvalue weighted by Gasteiger charge is 2.35. The molecule has 0 unspecified atom stereocenters. The number of rotatable bonds is 6. The number of benzene rings is 2. The van der Waals surface area contributed by atoms with Crippen LogP contribution in [0.4, 0.5) is 24.5 Å². The molecule has 0 spiro atoms. The van der Waals surface area contributed by atoms with Gasteiger partial charge in [-0.15, -0.1) is 0 Å². The second kappa shape index (κ2) is 8.83. The maximum Gasteiger partial charge on any atom is 0.418 e. The van der Waals surface area contributed by atoms with Gasteiger partial charge in [0.05, 0.1) is 16.9 Å². The van der Waals surface area contributed by atoms with Crippen LogP contribution in [0, 0.1) is 13.8 Å². The molecule has 11 heteroatoms. The van der Waals surface area contributed by atoms with Crippen LogP contribution >= 0.6 is 11.6 Å². The van der Waals surface area contributed by atoms with Gasteiger partial charge in [0.25, 0.3) is 0 Å². The van der Waals surface area contributed by atoms with Crippen molar-refractivity contribution >= 4 is 39.1 Å². The molecule has 0 aromatic heterocycles. The fraction of sp³-hybridized carbons (Fsp3) is 0.316. The summed E-state index contributed by atoms with van der Waals surface area (Å²) in [6, 6.07) is 7.98. The summed E-state index contributed by atoms with van der Waals surface area (Å²) in [5.74, 6) is -0.936. The van der Waals surface area contributed by atoms with E-state index in [1.165, 1.54) is 20.2 Å². The molecule has 2 rings (SSSR count). The number of aryl methyl sites for hydroxylation is 2.